The highest BCUT2D eigenvalue weighted by Gasteiger charge is 2.44. The van der Waals surface area contributed by atoms with E-state index in [1.165, 1.54) is 25.1 Å². The van der Waals surface area contributed by atoms with Gasteiger partial charge in [-0.2, -0.15) is 0 Å². The Bertz CT molecular complexity index is 1070. The number of cyclic esters (lactones) is 1. The average Bonchev–Trinajstić information content (AvgIpc) is 3.13. The molecule has 0 unspecified atom stereocenters. The number of piperidine rings is 1. The van der Waals surface area contributed by atoms with Gasteiger partial charge in [0.05, 0.1) is 12.1 Å². The average molecular weight is 441 g/mol. The van der Waals surface area contributed by atoms with Crippen LogP contribution in [0.1, 0.15) is 28.8 Å². The molecule has 1 aromatic heterocycles. The second-order valence-electron chi connectivity index (χ2n) is 8.84. The van der Waals surface area contributed by atoms with Crippen LogP contribution in [0.3, 0.4) is 0 Å². The molecule has 2 amide bonds. The van der Waals surface area contributed by atoms with E-state index in [1.807, 2.05) is 30.5 Å². The summed E-state index contributed by atoms with van der Waals surface area (Å²) >= 11 is 0. The summed E-state index contributed by atoms with van der Waals surface area (Å²) in [7, 11) is 0. The minimum Gasteiger partial charge on any atom is -0.448 e. The van der Waals surface area contributed by atoms with Gasteiger partial charge in [0.1, 0.15) is 6.61 Å². The van der Waals surface area contributed by atoms with E-state index in [0.29, 0.717) is 25.3 Å². The molecule has 2 aromatic rings. The quantitative estimate of drug-likeness (QED) is 0.699. The van der Waals surface area contributed by atoms with E-state index in [0.717, 1.165) is 40.9 Å². The molecule has 31 heavy (non-hydrogen) atoms. The van der Waals surface area contributed by atoms with Gasteiger partial charge in [0.25, 0.3) is 5.91 Å². The van der Waals surface area contributed by atoms with Crippen molar-refractivity contribution in [3.63, 3.8) is 0 Å². The van der Waals surface area contributed by atoms with Crippen LogP contribution in [0.15, 0.2) is 30.5 Å². The van der Waals surface area contributed by atoms with E-state index in [-0.39, 0.29) is 24.4 Å². The molecule has 8 heteroatoms. The lowest BCUT2D eigenvalue weighted by Gasteiger charge is -2.15. The number of aromatic amines is 1. The van der Waals surface area contributed by atoms with Gasteiger partial charge in [-0.15, -0.1) is 12.4 Å². The van der Waals surface area contributed by atoms with Crippen LogP contribution in [-0.2, 0) is 22.6 Å². The van der Waals surface area contributed by atoms with Crippen LogP contribution in [0.25, 0.3) is 11.6 Å². The first kappa shape index (κ1) is 20.2. The van der Waals surface area contributed by atoms with Crippen molar-refractivity contribution >= 4 is 41.7 Å². The van der Waals surface area contributed by atoms with Gasteiger partial charge in [-0.3, -0.25) is 9.69 Å². The van der Waals surface area contributed by atoms with Gasteiger partial charge in [0.2, 0.25) is 0 Å². The highest BCUT2D eigenvalue weighted by atomic mass is 35.5. The minimum atomic E-state index is -0.283. The number of nitrogens with one attached hydrogen (secondary N) is 2. The van der Waals surface area contributed by atoms with Gasteiger partial charge >= 0.3 is 6.09 Å². The lowest BCUT2D eigenvalue weighted by molar-refractivity contribution is -0.110. The number of aromatic nitrogens is 1. The monoisotopic (exact) mass is 440 g/mol. The summed E-state index contributed by atoms with van der Waals surface area (Å²) in [5, 5.41) is 2.94. The number of halogens is 1. The Balaban J connectivity index is 0.00000204. The molecule has 4 heterocycles. The fourth-order valence-corrected chi connectivity index (χ4v) is 4.94. The Morgan fingerprint density at radius 3 is 2.71 bits per heavy atom. The zero-order chi connectivity index (χ0) is 20.2. The molecule has 1 aliphatic carbocycles. The van der Waals surface area contributed by atoms with Crippen LogP contribution in [-0.4, -0.2) is 53.0 Å². The van der Waals surface area contributed by atoms with E-state index in [4.69, 9.17) is 4.74 Å². The van der Waals surface area contributed by atoms with Crippen molar-refractivity contribution in [2.45, 2.75) is 19.5 Å². The number of hydrogen-bond acceptors (Lipinski definition) is 4. The SMILES string of the molecule is Cl.O=C1Nc2ccc(CN3CCOC3=O)cc2C1=Cc1cc(CN2C[C@H]3C[C@H]3C2)c[nH]1. The fraction of sp³-hybridized carbons (Fsp3) is 0.391. The number of carbonyl (C=O) groups is 2. The van der Waals surface area contributed by atoms with Crippen LogP contribution in [0.5, 0.6) is 0 Å². The van der Waals surface area contributed by atoms with Crippen molar-refractivity contribution in [1.82, 2.24) is 14.8 Å². The number of likely N-dealkylation sites (tertiary alicyclic amines) is 1. The fourth-order valence-electron chi connectivity index (χ4n) is 4.94. The Labute approximate surface area is 186 Å². The van der Waals surface area contributed by atoms with Crippen LogP contribution in [0.2, 0.25) is 0 Å². The molecular weight excluding hydrogens is 416 g/mol. The summed E-state index contributed by atoms with van der Waals surface area (Å²) in [4.78, 5) is 31.8. The summed E-state index contributed by atoms with van der Waals surface area (Å²) < 4.78 is 5.01. The number of ether oxygens (including phenoxy) is 1. The molecular formula is C23H25ClN4O3. The lowest BCUT2D eigenvalue weighted by atomic mass is 10.0. The predicted octanol–water partition coefficient (Wildman–Crippen LogP) is 3.33. The van der Waals surface area contributed by atoms with Crippen LogP contribution >= 0.6 is 12.4 Å². The summed E-state index contributed by atoms with van der Waals surface area (Å²) in [6.45, 7) is 4.91. The van der Waals surface area contributed by atoms with Crippen molar-refractivity contribution in [1.29, 1.82) is 0 Å². The van der Waals surface area contributed by atoms with E-state index >= 15 is 0 Å². The summed E-state index contributed by atoms with van der Waals surface area (Å²) in [6.07, 6.45) is 5.09. The smallest absolute Gasteiger partial charge is 0.410 e. The summed E-state index contributed by atoms with van der Waals surface area (Å²) in [5.41, 5.74) is 5.49. The maximum atomic E-state index is 12.6. The lowest BCUT2D eigenvalue weighted by Crippen LogP contribution is -2.23. The Morgan fingerprint density at radius 2 is 1.94 bits per heavy atom. The minimum absolute atomic E-state index is 0. The second-order valence-corrected chi connectivity index (χ2v) is 8.84. The maximum absolute atomic E-state index is 12.6. The van der Waals surface area contributed by atoms with E-state index in [9.17, 15) is 9.59 Å². The number of hydrogen-bond donors (Lipinski definition) is 2. The number of fused-ring (bicyclic) bond motifs is 2. The molecule has 1 aromatic carbocycles. The summed E-state index contributed by atoms with van der Waals surface area (Å²) in [5.74, 6) is 1.76. The molecule has 6 rings (SSSR count). The van der Waals surface area contributed by atoms with Crippen LogP contribution in [0, 0.1) is 11.8 Å². The largest absolute Gasteiger partial charge is 0.448 e. The maximum Gasteiger partial charge on any atom is 0.410 e. The van der Waals surface area contributed by atoms with Crippen LogP contribution in [0.4, 0.5) is 10.5 Å². The van der Waals surface area contributed by atoms with Crippen molar-refractivity contribution in [2.24, 2.45) is 11.8 Å². The molecule has 3 fully saturated rings. The number of rotatable bonds is 5. The molecule has 162 valence electrons. The second kappa shape index (κ2) is 7.73. The first-order valence-electron chi connectivity index (χ1n) is 10.6. The Morgan fingerprint density at radius 1 is 1.10 bits per heavy atom. The summed E-state index contributed by atoms with van der Waals surface area (Å²) in [6, 6.07) is 7.97. The first-order valence-corrected chi connectivity index (χ1v) is 10.6. The van der Waals surface area contributed by atoms with Gasteiger partial charge in [-0.1, -0.05) is 6.07 Å². The molecule has 0 spiro atoms. The van der Waals surface area contributed by atoms with Gasteiger partial charge < -0.3 is 19.9 Å². The Kier molecular flexibility index (Phi) is 5.02. The highest BCUT2D eigenvalue weighted by Crippen LogP contribution is 2.45. The van der Waals surface area contributed by atoms with Gasteiger partial charge in [-0.25, -0.2) is 4.79 Å². The van der Waals surface area contributed by atoms with Gasteiger partial charge in [-0.05, 0) is 53.7 Å². The molecule has 2 N–H and O–H groups in total. The number of nitrogens with zero attached hydrogens (tertiary/aromatic N) is 2. The highest BCUT2D eigenvalue weighted by molar-refractivity contribution is 6.34. The van der Waals surface area contributed by atoms with Crippen molar-refractivity contribution in [3.05, 3.63) is 52.8 Å². The normalized spacial score (nSPS) is 25.3. The molecule has 1 saturated carbocycles. The number of anilines is 1. The number of H-pyrrole nitrogens is 1. The van der Waals surface area contributed by atoms with Gasteiger partial charge in [0.15, 0.2) is 0 Å². The van der Waals surface area contributed by atoms with Gasteiger partial charge in [0, 0.05) is 49.3 Å². The zero-order valence-corrected chi connectivity index (χ0v) is 17.9. The predicted molar refractivity (Wildman–Crippen MR) is 120 cm³/mol. The molecule has 2 atom stereocenters. The number of amides is 2. The molecule has 4 aliphatic rings. The molecule has 3 aliphatic heterocycles. The van der Waals surface area contributed by atoms with Crippen molar-refractivity contribution < 1.29 is 14.3 Å². The van der Waals surface area contributed by atoms with E-state index < -0.39 is 0 Å². The molecule has 7 nitrogen and oxygen atoms in total. The molecule has 2 saturated heterocycles. The zero-order valence-electron chi connectivity index (χ0n) is 17.1. The van der Waals surface area contributed by atoms with E-state index in [1.54, 1.807) is 4.90 Å². The molecule has 0 bridgehead atoms. The van der Waals surface area contributed by atoms with E-state index in [2.05, 4.69) is 21.3 Å². The Hall–Kier alpha value is -2.77. The number of carbonyl (C=O) groups excluding carboxylic acids is 2. The first-order chi connectivity index (χ1) is 14.6. The van der Waals surface area contributed by atoms with Crippen LogP contribution < -0.4 is 5.32 Å². The topological polar surface area (TPSA) is 77.7 Å². The molecule has 0 radical (unpaired) electrons. The third-order valence-electron chi connectivity index (χ3n) is 6.61. The number of benzene rings is 1. The van der Waals surface area contributed by atoms with Crippen molar-refractivity contribution in [2.75, 3.05) is 31.6 Å². The third-order valence-corrected chi connectivity index (χ3v) is 6.61. The third kappa shape index (κ3) is 3.83. The standard InChI is InChI=1S/C23H24N4O3.ClH/c28-22-20(8-18-5-15(9-24-18)10-26-12-16-7-17(16)13-26)19-6-14(1-2-21(19)25-22)11-27-3-4-30-23(27)29;/h1-2,5-6,8-9,16-17,24H,3-4,7,10-13H2,(H,25,28);1H/t16-,17+;. The van der Waals surface area contributed by atoms with Crippen molar-refractivity contribution in [3.8, 4) is 0 Å².